The molecule has 3 rings (SSSR count). The molecule has 1 aliphatic rings. The second-order valence-electron chi connectivity index (χ2n) is 9.18. The molecule has 1 aliphatic heterocycles. The fourth-order valence-electron chi connectivity index (χ4n) is 3.76. The molecule has 1 atom stereocenters. The summed E-state index contributed by atoms with van der Waals surface area (Å²) in [5.74, 6) is 1.47. The molecule has 1 aromatic heterocycles. The topological polar surface area (TPSA) is 46.9 Å². The number of halogens is 1. The largest absolute Gasteiger partial charge is 0.309 e. The van der Waals surface area contributed by atoms with E-state index in [0.29, 0.717) is 24.1 Å². The minimum atomic E-state index is -0.266. The van der Waals surface area contributed by atoms with Crippen molar-refractivity contribution in [3.63, 3.8) is 0 Å². The van der Waals surface area contributed by atoms with Gasteiger partial charge in [-0.05, 0) is 47.8 Å². The van der Waals surface area contributed by atoms with Gasteiger partial charge in [0, 0.05) is 24.2 Å². The van der Waals surface area contributed by atoms with Crippen LogP contribution in [0.2, 0.25) is 0 Å². The van der Waals surface area contributed by atoms with Crippen LogP contribution in [0.4, 0.5) is 10.2 Å². The summed E-state index contributed by atoms with van der Waals surface area (Å²) in [5.41, 5.74) is 2.87. The van der Waals surface area contributed by atoms with Crippen LogP contribution in [0, 0.1) is 23.1 Å². The van der Waals surface area contributed by atoms with Crippen molar-refractivity contribution in [2.75, 3.05) is 5.32 Å². The maximum Gasteiger partial charge on any atom is 0.226 e. The van der Waals surface area contributed by atoms with Gasteiger partial charge in [-0.3, -0.25) is 9.48 Å². The van der Waals surface area contributed by atoms with Gasteiger partial charge in [-0.15, -0.1) is 0 Å². The van der Waals surface area contributed by atoms with Crippen LogP contribution in [0.5, 0.6) is 0 Å². The van der Waals surface area contributed by atoms with E-state index < -0.39 is 0 Å². The first kappa shape index (κ1) is 19.6. The monoisotopic (exact) mass is 371 g/mol. The number of benzene rings is 1. The van der Waals surface area contributed by atoms with E-state index in [-0.39, 0.29) is 17.1 Å². The minimum Gasteiger partial charge on any atom is -0.309 e. The standard InChI is InChI=1S/C22H30FN3O/c1-14(2)16-10-11-26-18(12-16)20(15-6-8-17(23)9-7-15)21(25-26)24-19(27)13-22(3,4)5/h6-9,14,16H,10-13H2,1-5H3,(H,24,25,27). The zero-order valence-electron chi connectivity index (χ0n) is 17.0. The molecule has 1 unspecified atom stereocenters. The highest BCUT2D eigenvalue weighted by molar-refractivity contribution is 5.95. The van der Waals surface area contributed by atoms with E-state index in [4.69, 9.17) is 5.10 Å². The van der Waals surface area contributed by atoms with Gasteiger partial charge in [-0.25, -0.2) is 4.39 Å². The van der Waals surface area contributed by atoms with Crippen molar-refractivity contribution < 1.29 is 9.18 Å². The van der Waals surface area contributed by atoms with E-state index in [1.807, 2.05) is 25.5 Å². The molecule has 1 aromatic carbocycles. The molecule has 0 radical (unpaired) electrons. The van der Waals surface area contributed by atoms with E-state index in [0.717, 1.165) is 36.2 Å². The van der Waals surface area contributed by atoms with Crippen molar-refractivity contribution in [2.24, 2.45) is 17.3 Å². The molecule has 27 heavy (non-hydrogen) atoms. The predicted molar refractivity (Wildman–Crippen MR) is 107 cm³/mol. The van der Waals surface area contributed by atoms with Gasteiger partial charge in [-0.1, -0.05) is 46.8 Å². The van der Waals surface area contributed by atoms with Crippen LogP contribution >= 0.6 is 0 Å². The maximum absolute atomic E-state index is 13.4. The number of fused-ring (bicyclic) bond motifs is 1. The Morgan fingerprint density at radius 3 is 2.56 bits per heavy atom. The average molecular weight is 372 g/mol. The molecule has 1 N–H and O–H groups in total. The van der Waals surface area contributed by atoms with Crippen LogP contribution < -0.4 is 5.32 Å². The van der Waals surface area contributed by atoms with Gasteiger partial charge < -0.3 is 5.32 Å². The Hall–Kier alpha value is -2.17. The number of amides is 1. The highest BCUT2D eigenvalue weighted by Gasteiger charge is 2.29. The normalized spacial score (nSPS) is 17.1. The molecule has 0 fully saturated rings. The van der Waals surface area contributed by atoms with Crippen LogP contribution in [0.1, 0.15) is 53.2 Å². The Labute approximate surface area is 161 Å². The molecule has 2 aromatic rings. The fourth-order valence-corrected chi connectivity index (χ4v) is 3.76. The SMILES string of the molecule is CC(C)C1CCn2nc(NC(=O)CC(C)(C)C)c(-c3ccc(F)cc3)c2C1. The molecule has 0 saturated carbocycles. The molecule has 0 spiro atoms. The number of hydrogen-bond donors (Lipinski definition) is 1. The number of aromatic nitrogens is 2. The molecular formula is C22H30FN3O. The third-order valence-corrected chi connectivity index (χ3v) is 5.25. The first-order valence-corrected chi connectivity index (χ1v) is 9.79. The van der Waals surface area contributed by atoms with Crippen LogP contribution in [0.3, 0.4) is 0 Å². The van der Waals surface area contributed by atoms with E-state index >= 15 is 0 Å². The van der Waals surface area contributed by atoms with Crippen LogP contribution in [0.15, 0.2) is 24.3 Å². The molecule has 1 amide bonds. The fraction of sp³-hybridized carbons (Fsp3) is 0.545. The summed E-state index contributed by atoms with van der Waals surface area (Å²) >= 11 is 0. The van der Waals surface area contributed by atoms with E-state index in [1.54, 1.807) is 12.1 Å². The molecule has 0 bridgehead atoms. The van der Waals surface area contributed by atoms with E-state index in [2.05, 4.69) is 19.2 Å². The highest BCUT2D eigenvalue weighted by Crippen LogP contribution is 2.38. The quantitative estimate of drug-likeness (QED) is 0.794. The van der Waals surface area contributed by atoms with Gasteiger partial charge in [0.25, 0.3) is 0 Å². The summed E-state index contributed by atoms with van der Waals surface area (Å²) in [4.78, 5) is 12.5. The number of carbonyl (C=O) groups excluding carboxylic acids is 1. The van der Waals surface area contributed by atoms with Gasteiger partial charge in [-0.2, -0.15) is 5.10 Å². The summed E-state index contributed by atoms with van der Waals surface area (Å²) in [6.07, 6.45) is 2.43. The molecule has 5 heteroatoms. The van der Waals surface area contributed by atoms with Crippen molar-refractivity contribution in [2.45, 2.75) is 60.4 Å². The van der Waals surface area contributed by atoms with Crippen LogP contribution in [-0.2, 0) is 17.8 Å². The van der Waals surface area contributed by atoms with Crippen molar-refractivity contribution >= 4 is 11.7 Å². The Morgan fingerprint density at radius 2 is 1.96 bits per heavy atom. The zero-order chi connectivity index (χ0) is 19.8. The summed E-state index contributed by atoms with van der Waals surface area (Å²) < 4.78 is 15.5. The Bertz CT molecular complexity index is 815. The molecule has 2 heterocycles. The molecule has 0 saturated heterocycles. The van der Waals surface area contributed by atoms with E-state index in [1.165, 1.54) is 12.1 Å². The number of hydrogen-bond acceptors (Lipinski definition) is 2. The predicted octanol–water partition coefficient (Wildman–Crippen LogP) is 5.28. The number of rotatable bonds is 4. The first-order valence-electron chi connectivity index (χ1n) is 9.79. The summed E-state index contributed by atoms with van der Waals surface area (Å²) in [6.45, 7) is 11.5. The van der Waals surface area contributed by atoms with Gasteiger partial charge in [0.15, 0.2) is 5.82 Å². The van der Waals surface area contributed by atoms with Gasteiger partial charge in [0.05, 0.1) is 0 Å². The van der Waals surface area contributed by atoms with Crippen molar-refractivity contribution in [3.05, 3.63) is 35.8 Å². The average Bonchev–Trinajstić information content (AvgIpc) is 2.90. The van der Waals surface area contributed by atoms with E-state index in [9.17, 15) is 9.18 Å². The van der Waals surface area contributed by atoms with Gasteiger partial charge >= 0.3 is 0 Å². The highest BCUT2D eigenvalue weighted by atomic mass is 19.1. The number of nitrogens with one attached hydrogen (secondary N) is 1. The lowest BCUT2D eigenvalue weighted by Crippen LogP contribution is -2.23. The van der Waals surface area contributed by atoms with Crippen molar-refractivity contribution in [3.8, 4) is 11.1 Å². The summed E-state index contributed by atoms with van der Waals surface area (Å²) in [6, 6.07) is 6.46. The number of nitrogens with zero attached hydrogens (tertiary/aromatic N) is 2. The van der Waals surface area contributed by atoms with Gasteiger partial charge in [0.1, 0.15) is 5.82 Å². The summed E-state index contributed by atoms with van der Waals surface area (Å²) in [7, 11) is 0. The molecule has 146 valence electrons. The number of aryl methyl sites for hydroxylation is 1. The van der Waals surface area contributed by atoms with Crippen LogP contribution in [0.25, 0.3) is 11.1 Å². The third kappa shape index (κ3) is 4.57. The Morgan fingerprint density at radius 1 is 1.30 bits per heavy atom. The molecule has 4 nitrogen and oxygen atoms in total. The lowest BCUT2D eigenvalue weighted by molar-refractivity contribution is -0.117. The number of carbonyl (C=O) groups is 1. The van der Waals surface area contributed by atoms with Crippen molar-refractivity contribution in [1.29, 1.82) is 0 Å². The lowest BCUT2D eigenvalue weighted by Gasteiger charge is -2.27. The zero-order valence-corrected chi connectivity index (χ0v) is 17.0. The molecule has 0 aliphatic carbocycles. The Kier molecular flexibility index (Phi) is 5.41. The second-order valence-corrected chi connectivity index (χ2v) is 9.18. The molecular weight excluding hydrogens is 341 g/mol. The lowest BCUT2D eigenvalue weighted by atomic mass is 9.84. The smallest absolute Gasteiger partial charge is 0.226 e. The number of anilines is 1. The maximum atomic E-state index is 13.4. The third-order valence-electron chi connectivity index (χ3n) is 5.25. The summed E-state index contributed by atoms with van der Waals surface area (Å²) in [5, 5.41) is 7.72. The second kappa shape index (κ2) is 7.45. The van der Waals surface area contributed by atoms with Crippen LogP contribution in [-0.4, -0.2) is 15.7 Å². The Balaban J connectivity index is 2.00. The first-order chi connectivity index (χ1) is 12.6. The van der Waals surface area contributed by atoms with Gasteiger partial charge in [0.2, 0.25) is 5.91 Å². The van der Waals surface area contributed by atoms with Crippen molar-refractivity contribution in [1.82, 2.24) is 9.78 Å². The minimum absolute atomic E-state index is 0.0401.